The largest absolute Gasteiger partial charge is 0.492 e. The minimum atomic E-state index is 0.431. The first-order valence-corrected chi connectivity index (χ1v) is 12.6. The third kappa shape index (κ3) is 5.94. The summed E-state index contributed by atoms with van der Waals surface area (Å²) in [7, 11) is 0. The van der Waals surface area contributed by atoms with Gasteiger partial charge >= 0.3 is 0 Å². The number of unbranched alkanes of at least 4 members (excludes halogenated alkanes) is 2. The van der Waals surface area contributed by atoms with Crippen molar-refractivity contribution >= 4 is 10.8 Å². The van der Waals surface area contributed by atoms with Gasteiger partial charge in [0.1, 0.15) is 12.4 Å². The van der Waals surface area contributed by atoms with E-state index in [-0.39, 0.29) is 0 Å². The molecule has 2 aromatic carbocycles. The number of hydrogen-bond acceptors (Lipinski definition) is 5. The summed E-state index contributed by atoms with van der Waals surface area (Å²) in [6, 6.07) is 17.3. The van der Waals surface area contributed by atoms with Gasteiger partial charge in [0, 0.05) is 61.9 Å². The van der Waals surface area contributed by atoms with E-state index in [9.17, 15) is 5.26 Å². The fourth-order valence-electron chi connectivity index (χ4n) is 4.97. The van der Waals surface area contributed by atoms with Crippen LogP contribution in [0.3, 0.4) is 0 Å². The van der Waals surface area contributed by atoms with Gasteiger partial charge in [-0.25, -0.2) is 0 Å². The van der Waals surface area contributed by atoms with Gasteiger partial charge < -0.3 is 4.74 Å². The maximum Gasteiger partial charge on any atom is 0.127 e. The van der Waals surface area contributed by atoms with Crippen LogP contribution < -0.4 is 4.74 Å². The van der Waals surface area contributed by atoms with Gasteiger partial charge in [0.15, 0.2) is 0 Å². The molecule has 0 amide bonds. The van der Waals surface area contributed by atoms with Crippen molar-refractivity contribution in [1.29, 1.82) is 5.26 Å². The Labute approximate surface area is 204 Å². The van der Waals surface area contributed by atoms with Crippen LogP contribution in [0.15, 0.2) is 54.9 Å². The molecule has 0 N–H and O–H groups in total. The summed E-state index contributed by atoms with van der Waals surface area (Å²) in [5.74, 6) is 0.936. The average molecular weight is 457 g/mol. The fourth-order valence-corrected chi connectivity index (χ4v) is 4.97. The van der Waals surface area contributed by atoms with Crippen LogP contribution in [0.1, 0.15) is 55.3 Å². The number of aryl methyl sites for hydroxylation is 1. The molecule has 1 saturated heterocycles. The molecule has 1 aliphatic heterocycles. The zero-order chi connectivity index (χ0) is 23.8. The Hall–Kier alpha value is -2.94. The Balaban J connectivity index is 1.33. The van der Waals surface area contributed by atoms with Crippen molar-refractivity contribution in [3.8, 4) is 11.8 Å². The van der Waals surface area contributed by atoms with Gasteiger partial charge in [-0.3, -0.25) is 14.8 Å². The predicted molar refractivity (Wildman–Crippen MR) is 138 cm³/mol. The number of nitrogens with zero attached hydrogens (tertiary/aromatic N) is 4. The highest BCUT2D eigenvalue weighted by molar-refractivity contribution is 5.87. The summed E-state index contributed by atoms with van der Waals surface area (Å²) in [6.45, 7) is 10.2. The first-order chi connectivity index (χ1) is 16.7. The van der Waals surface area contributed by atoms with Gasteiger partial charge in [0.05, 0.1) is 11.6 Å². The summed E-state index contributed by atoms with van der Waals surface area (Å²) in [4.78, 5) is 9.36. The standard InChI is InChI=1S/C29H36N4O/c1-3-4-5-8-28(24-10-11-25(21-30)23(2)20-24)33-16-14-32(15-17-33)18-19-34-29-9-6-7-26-22-31-13-12-27(26)29/h6-7,9-13,20,22,28H,3-5,8,14-19H2,1-2H3. The van der Waals surface area contributed by atoms with Crippen LogP contribution in [0, 0.1) is 18.3 Å². The molecule has 2 heterocycles. The second kappa shape index (κ2) is 12.0. The minimum Gasteiger partial charge on any atom is -0.492 e. The third-order valence-corrected chi connectivity index (χ3v) is 6.99. The van der Waals surface area contributed by atoms with Crippen LogP contribution in [0.4, 0.5) is 0 Å². The molecule has 3 aromatic rings. The molecular formula is C29H36N4O. The van der Waals surface area contributed by atoms with Gasteiger partial charge in [-0.1, -0.05) is 50.5 Å². The molecule has 0 spiro atoms. The highest BCUT2D eigenvalue weighted by Crippen LogP contribution is 2.29. The van der Waals surface area contributed by atoms with Crippen molar-refractivity contribution in [3.05, 3.63) is 71.5 Å². The van der Waals surface area contributed by atoms with Crippen molar-refractivity contribution in [2.75, 3.05) is 39.3 Å². The van der Waals surface area contributed by atoms with Crippen LogP contribution in [0.2, 0.25) is 0 Å². The molecule has 178 valence electrons. The fraction of sp³-hybridized carbons (Fsp3) is 0.448. The second-order valence-electron chi connectivity index (χ2n) is 9.28. The number of fused-ring (bicyclic) bond motifs is 1. The summed E-state index contributed by atoms with van der Waals surface area (Å²) >= 11 is 0. The SMILES string of the molecule is CCCCCC(c1ccc(C#N)c(C)c1)N1CCN(CCOc2cccc3cnccc23)CC1. The Morgan fingerprint density at radius 2 is 1.94 bits per heavy atom. The van der Waals surface area contributed by atoms with Crippen LogP contribution in [-0.4, -0.2) is 54.1 Å². The van der Waals surface area contributed by atoms with E-state index in [1.165, 1.54) is 31.2 Å². The molecule has 1 aliphatic rings. The molecule has 5 nitrogen and oxygen atoms in total. The molecule has 0 saturated carbocycles. The highest BCUT2D eigenvalue weighted by atomic mass is 16.5. The van der Waals surface area contributed by atoms with Gasteiger partial charge in [0.2, 0.25) is 0 Å². The number of ether oxygens (including phenoxy) is 1. The topological polar surface area (TPSA) is 52.4 Å². The Morgan fingerprint density at radius 1 is 1.09 bits per heavy atom. The number of pyridine rings is 1. The van der Waals surface area contributed by atoms with Crippen LogP contribution in [0.25, 0.3) is 10.8 Å². The van der Waals surface area contributed by atoms with E-state index in [0.717, 1.165) is 60.4 Å². The number of benzene rings is 2. The van der Waals surface area contributed by atoms with Crippen LogP contribution >= 0.6 is 0 Å². The van der Waals surface area contributed by atoms with Crippen molar-refractivity contribution in [1.82, 2.24) is 14.8 Å². The number of rotatable bonds is 10. The molecule has 0 aliphatic carbocycles. The zero-order valence-electron chi connectivity index (χ0n) is 20.5. The van der Waals surface area contributed by atoms with Gasteiger partial charge in [0.25, 0.3) is 0 Å². The number of hydrogen-bond donors (Lipinski definition) is 0. The van der Waals surface area contributed by atoms with E-state index in [0.29, 0.717) is 12.6 Å². The first-order valence-electron chi connectivity index (χ1n) is 12.6. The van der Waals surface area contributed by atoms with Crippen molar-refractivity contribution < 1.29 is 4.74 Å². The van der Waals surface area contributed by atoms with Crippen molar-refractivity contribution in [2.45, 2.75) is 45.6 Å². The Kier molecular flexibility index (Phi) is 8.51. The van der Waals surface area contributed by atoms with Crippen molar-refractivity contribution in [3.63, 3.8) is 0 Å². The van der Waals surface area contributed by atoms with Crippen LogP contribution in [0.5, 0.6) is 5.75 Å². The smallest absolute Gasteiger partial charge is 0.127 e. The lowest BCUT2D eigenvalue weighted by molar-refractivity contribution is 0.0819. The molecule has 0 radical (unpaired) electrons. The first kappa shape index (κ1) is 24.2. The number of aromatic nitrogens is 1. The molecule has 34 heavy (non-hydrogen) atoms. The van der Waals surface area contributed by atoms with Gasteiger partial charge in [-0.05, 0) is 42.7 Å². The van der Waals surface area contributed by atoms with Gasteiger partial charge in [-0.15, -0.1) is 0 Å². The maximum atomic E-state index is 9.32. The zero-order valence-corrected chi connectivity index (χ0v) is 20.5. The number of piperazine rings is 1. The lowest BCUT2D eigenvalue weighted by Gasteiger charge is -2.39. The molecule has 1 atom stereocenters. The quantitative estimate of drug-likeness (QED) is 0.365. The molecule has 1 aromatic heterocycles. The Bertz CT molecular complexity index is 1110. The molecule has 5 heteroatoms. The molecule has 1 fully saturated rings. The third-order valence-electron chi connectivity index (χ3n) is 6.99. The Morgan fingerprint density at radius 3 is 2.71 bits per heavy atom. The summed E-state index contributed by atoms with van der Waals surface area (Å²) in [5, 5.41) is 11.5. The number of nitriles is 1. The molecular weight excluding hydrogens is 420 g/mol. The van der Waals surface area contributed by atoms with E-state index < -0.39 is 0 Å². The van der Waals surface area contributed by atoms with E-state index in [4.69, 9.17) is 4.74 Å². The summed E-state index contributed by atoms with van der Waals surface area (Å²) in [5.41, 5.74) is 3.22. The summed E-state index contributed by atoms with van der Waals surface area (Å²) in [6.07, 6.45) is 8.63. The molecule has 1 unspecified atom stereocenters. The van der Waals surface area contributed by atoms with E-state index in [1.54, 1.807) is 0 Å². The minimum absolute atomic E-state index is 0.431. The van der Waals surface area contributed by atoms with Gasteiger partial charge in [-0.2, -0.15) is 5.26 Å². The lowest BCUT2D eigenvalue weighted by Crippen LogP contribution is -2.48. The predicted octanol–water partition coefficient (Wildman–Crippen LogP) is 5.73. The summed E-state index contributed by atoms with van der Waals surface area (Å²) < 4.78 is 6.16. The second-order valence-corrected chi connectivity index (χ2v) is 9.28. The van der Waals surface area contributed by atoms with Crippen LogP contribution in [-0.2, 0) is 0 Å². The molecule has 4 rings (SSSR count). The van der Waals surface area contributed by atoms with Crippen molar-refractivity contribution in [2.24, 2.45) is 0 Å². The average Bonchev–Trinajstić information content (AvgIpc) is 2.87. The maximum absolute atomic E-state index is 9.32. The van der Waals surface area contributed by atoms with E-state index >= 15 is 0 Å². The van der Waals surface area contributed by atoms with E-state index in [1.807, 2.05) is 36.7 Å². The monoisotopic (exact) mass is 456 g/mol. The highest BCUT2D eigenvalue weighted by Gasteiger charge is 2.25. The molecule has 0 bridgehead atoms. The lowest BCUT2D eigenvalue weighted by atomic mass is 9.95. The van der Waals surface area contributed by atoms with E-state index in [2.05, 4.69) is 52.9 Å². The normalized spacial score (nSPS) is 15.8.